The molecular formula is C25H31N3O2. The summed E-state index contributed by atoms with van der Waals surface area (Å²) in [4.78, 5) is 18.1. The summed E-state index contributed by atoms with van der Waals surface area (Å²) in [7, 11) is 0. The number of benzene rings is 2. The van der Waals surface area contributed by atoms with Gasteiger partial charge in [-0.2, -0.15) is 0 Å². The lowest BCUT2D eigenvalue weighted by Gasteiger charge is -2.33. The summed E-state index contributed by atoms with van der Waals surface area (Å²) in [6.07, 6.45) is 5.81. The monoisotopic (exact) mass is 405 g/mol. The topological polar surface area (TPSA) is 67.9 Å². The molecule has 2 aromatic rings. The maximum absolute atomic E-state index is 12.0. The Kier molecular flexibility index (Phi) is 7.06. The fourth-order valence-corrected chi connectivity index (χ4v) is 3.95. The van der Waals surface area contributed by atoms with E-state index >= 15 is 0 Å². The van der Waals surface area contributed by atoms with Crippen molar-refractivity contribution in [1.29, 1.82) is 0 Å². The third kappa shape index (κ3) is 4.79. The average Bonchev–Trinajstić information content (AvgIpc) is 2.75. The lowest BCUT2D eigenvalue weighted by molar-refractivity contribution is -0.133. The van der Waals surface area contributed by atoms with Gasteiger partial charge >= 0.3 is 0 Å². The quantitative estimate of drug-likeness (QED) is 0.706. The molecule has 0 bridgehead atoms. The maximum atomic E-state index is 12.0. The molecule has 1 amide bonds. The van der Waals surface area contributed by atoms with Crippen molar-refractivity contribution in [3.63, 3.8) is 0 Å². The van der Waals surface area contributed by atoms with Gasteiger partial charge in [-0.25, -0.2) is 0 Å². The molecule has 2 aromatic carbocycles. The van der Waals surface area contributed by atoms with E-state index in [0.29, 0.717) is 13.1 Å². The third-order valence-electron chi connectivity index (χ3n) is 5.58. The van der Waals surface area contributed by atoms with Crippen molar-refractivity contribution >= 4 is 24.4 Å². The summed E-state index contributed by atoms with van der Waals surface area (Å²) in [6, 6.07) is 11.9. The summed E-state index contributed by atoms with van der Waals surface area (Å²) in [5.41, 5.74) is 11.1. The smallest absolute Gasteiger partial charge is 0.239 e. The molecule has 0 radical (unpaired) electrons. The van der Waals surface area contributed by atoms with E-state index < -0.39 is 6.04 Å². The third-order valence-corrected chi connectivity index (χ3v) is 5.58. The molecule has 0 spiro atoms. The molecule has 1 aliphatic heterocycles. The first-order chi connectivity index (χ1) is 14.4. The molecule has 3 rings (SSSR count). The number of aliphatic imine (C=N–C) groups is 1. The standard InChI is InChI=1S/C25H31N3O2/c1-5-6-20-9-12-23(17(2)24(20)27-4)19-7-10-21(11-8-19)30-22-13-15-28(16-14-22)25(29)18(3)26/h5-12,18,22H,4,13-16,26H2,1-3H3/b6-5-/t18-/m1/s1. The minimum absolute atomic E-state index is 0.0157. The number of ether oxygens (including phenoxy) is 1. The molecular weight excluding hydrogens is 374 g/mol. The SMILES string of the molecule is C=Nc1c(/C=C\C)ccc(-c2ccc(OC3CCN(C(=O)[C@@H](C)N)CC3)cc2)c1C. The van der Waals surface area contributed by atoms with Crippen LogP contribution in [0.15, 0.2) is 47.5 Å². The molecule has 1 heterocycles. The van der Waals surface area contributed by atoms with Gasteiger partial charge in [-0.15, -0.1) is 0 Å². The van der Waals surface area contributed by atoms with E-state index in [0.717, 1.165) is 46.5 Å². The van der Waals surface area contributed by atoms with Crippen LogP contribution >= 0.6 is 0 Å². The van der Waals surface area contributed by atoms with Crippen LogP contribution in [0.1, 0.15) is 37.8 Å². The second kappa shape index (κ2) is 9.72. The fraction of sp³-hybridized carbons (Fsp3) is 0.360. The second-order valence-electron chi connectivity index (χ2n) is 7.79. The van der Waals surface area contributed by atoms with Crippen molar-refractivity contribution in [3.8, 4) is 16.9 Å². The van der Waals surface area contributed by atoms with Crippen molar-refractivity contribution in [1.82, 2.24) is 4.90 Å². The van der Waals surface area contributed by atoms with Crippen LogP contribution < -0.4 is 10.5 Å². The molecule has 5 nitrogen and oxygen atoms in total. The number of allylic oxidation sites excluding steroid dienone is 1. The van der Waals surface area contributed by atoms with Gasteiger partial charge in [0, 0.05) is 31.5 Å². The number of nitrogens with two attached hydrogens (primary N) is 1. The first-order valence-corrected chi connectivity index (χ1v) is 10.5. The van der Waals surface area contributed by atoms with Gasteiger partial charge in [-0.3, -0.25) is 9.79 Å². The number of piperidine rings is 1. The number of carbonyl (C=O) groups excluding carboxylic acids is 1. The number of hydrogen-bond acceptors (Lipinski definition) is 4. The lowest BCUT2D eigenvalue weighted by atomic mass is 9.96. The van der Waals surface area contributed by atoms with E-state index in [-0.39, 0.29) is 12.0 Å². The Hall–Kier alpha value is -2.92. The van der Waals surface area contributed by atoms with E-state index in [1.165, 1.54) is 0 Å². The molecule has 1 fully saturated rings. The zero-order valence-corrected chi connectivity index (χ0v) is 18.1. The summed E-state index contributed by atoms with van der Waals surface area (Å²) in [5.74, 6) is 0.864. The molecule has 158 valence electrons. The van der Waals surface area contributed by atoms with Gasteiger partial charge in [0.05, 0.1) is 11.7 Å². The molecule has 0 unspecified atom stereocenters. The molecule has 0 aromatic heterocycles. The number of carbonyl (C=O) groups is 1. The van der Waals surface area contributed by atoms with Crippen LogP contribution in [0.4, 0.5) is 5.69 Å². The predicted octanol–water partition coefficient (Wildman–Crippen LogP) is 4.74. The summed E-state index contributed by atoms with van der Waals surface area (Å²) >= 11 is 0. The van der Waals surface area contributed by atoms with Gasteiger partial charge < -0.3 is 15.4 Å². The van der Waals surface area contributed by atoms with Crippen LogP contribution in [-0.2, 0) is 4.79 Å². The number of hydrogen-bond donors (Lipinski definition) is 1. The molecule has 1 atom stereocenters. The number of nitrogens with zero attached hydrogens (tertiary/aromatic N) is 2. The van der Waals surface area contributed by atoms with Crippen molar-refractivity contribution < 1.29 is 9.53 Å². The molecule has 1 aliphatic rings. The summed E-state index contributed by atoms with van der Waals surface area (Å²) < 4.78 is 6.15. The highest BCUT2D eigenvalue weighted by Crippen LogP contribution is 2.34. The average molecular weight is 406 g/mol. The van der Waals surface area contributed by atoms with Crippen molar-refractivity contribution in [3.05, 3.63) is 53.6 Å². The Labute approximate surface area is 179 Å². The number of rotatable bonds is 6. The first-order valence-electron chi connectivity index (χ1n) is 10.5. The van der Waals surface area contributed by atoms with Crippen LogP contribution in [0.5, 0.6) is 5.75 Å². The van der Waals surface area contributed by atoms with Gasteiger partial charge in [-0.05, 0) is 56.3 Å². The molecule has 5 heteroatoms. The fourth-order valence-electron chi connectivity index (χ4n) is 3.95. The highest BCUT2D eigenvalue weighted by molar-refractivity contribution is 5.81. The maximum Gasteiger partial charge on any atom is 0.239 e. The Balaban J connectivity index is 1.68. The molecule has 0 saturated carbocycles. The normalized spacial score (nSPS) is 15.9. The van der Waals surface area contributed by atoms with Crippen LogP contribution in [0.2, 0.25) is 0 Å². The zero-order valence-electron chi connectivity index (χ0n) is 18.1. The van der Waals surface area contributed by atoms with E-state index in [2.05, 4.69) is 42.9 Å². The first kappa shape index (κ1) is 21.8. The summed E-state index contributed by atoms with van der Waals surface area (Å²) in [6.45, 7) is 10.9. The number of amides is 1. The Morgan fingerprint density at radius 1 is 1.23 bits per heavy atom. The van der Waals surface area contributed by atoms with Gasteiger partial charge in [0.2, 0.25) is 5.91 Å². The Bertz CT molecular complexity index is 924. The second-order valence-corrected chi connectivity index (χ2v) is 7.79. The van der Waals surface area contributed by atoms with Crippen molar-refractivity contribution in [2.75, 3.05) is 13.1 Å². The lowest BCUT2D eigenvalue weighted by Crippen LogP contribution is -2.47. The van der Waals surface area contributed by atoms with E-state index in [1.54, 1.807) is 6.92 Å². The van der Waals surface area contributed by atoms with E-state index in [4.69, 9.17) is 10.5 Å². The van der Waals surface area contributed by atoms with Crippen molar-refractivity contribution in [2.45, 2.75) is 45.8 Å². The summed E-state index contributed by atoms with van der Waals surface area (Å²) in [5, 5.41) is 0. The van der Waals surface area contributed by atoms with Crippen LogP contribution in [0.25, 0.3) is 17.2 Å². The highest BCUT2D eigenvalue weighted by atomic mass is 16.5. The van der Waals surface area contributed by atoms with Gasteiger partial charge in [-0.1, -0.05) is 36.4 Å². The van der Waals surface area contributed by atoms with Gasteiger partial charge in [0.1, 0.15) is 11.9 Å². The minimum Gasteiger partial charge on any atom is -0.490 e. The number of likely N-dealkylation sites (tertiary alicyclic amines) is 1. The van der Waals surface area contributed by atoms with E-state index in [1.807, 2.05) is 36.1 Å². The highest BCUT2D eigenvalue weighted by Gasteiger charge is 2.25. The molecule has 0 aliphatic carbocycles. The zero-order chi connectivity index (χ0) is 21.7. The van der Waals surface area contributed by atoms with Gasteiger partial charge in [0.15, 0.2) is 0 Å². The molecule has 1 saturated heterocycles. The Morgan fingerprint density at radius 2 is 1.90 bits per heavy atom. The largest absolute Gasteiger partial charge is 0.490 e. The van der Waals surface area contributed by atoms with Crippen LogP contribution in [0.3, 0.4) is 0 Å². The molecule has 2 N–H and O–H groups in total. The van der Waals surface area contributed by atoms with Crippen LogP contribution in [-0.4, -0.2) is 42.8 Å². The van der Waals surface area contributed by atoms with E-state index in [9.17, 15) is 4.79 Å². The van der Waals surface area contributed by atoms with Crippen molar-refractivity contribution in [2.24, 2.45) is 10.7 Å². The van der Waals surface area contributed by atoms with Crippen LogP contribution in [0, 0.1) is 6.92 Å². The van der Waals surface area contributed by atoms with Gasteiger partial charge in [0.25, 0.3) is 0 Å². The minimum atomic E-state index is -0.442. The Morgan fingerprint density at radius 3 is 2.47 bits per heavy atom. The predicted molar refractivity (Wildman–Crippen MR) is 124 cm³/mol. The molecule has 30 heavy (non-hydrogen) atoms.